The van der Waals surface area contributed by atoms with E-state index in [-0.39, 0.29) is 11.4 Å². The minimum absolute atomic E-state index is 0.0102. The number of para-hydroxylation sites is 1. The number of fused-ring (bicyclic) bond motifs is 3. The number of thioether (sulfide) groups is 1. The van der Waals surface area contributed by atoms with Crippen molar-refractivity contribution in [3.63, 3.8) is 0 Å². The fourth-order valence-corrected chi connectivity index (χ4v) is 4.59. The van der Waals surface area contributed by atoms with Crippen molar-refractivity contribution in [1.82, 2.24) is 9.88 Å². The van der Waals surface area contributed by atoms with Gasteiger partial charge in [-0.05, 0) is 49.7 Å². The second-order valence-corrected chi connectivity index (χ2v) is 7.93. The van der Waals surface area contributed by atoms with Crippen LogP contribution >= 0.6 is 11.8 Å². The van der Waals surface area contributed by atoms with Gasteiger partial charge >= 0.3 is 5.30 Å². The van der Waals surface area contributed by atoms with Crippen molar-refractivity contribution >= 4 is 22.8 Å². The quantitative estimate of drug-likeness (QED) is 0.489. The van der Waals surface area contributed by atoms with Gasteiger partial charge in [-0.3, -0.25) is 4.90 Å². The van der Waals surface area contributed by atoms with Crippen molar-refractivity contribution in [3.8, 4) is 17.0 Å². The summed E-state index contributed by atoms with van der Waals surface area (Å²) in [5.41, 5.74) is 8.44. The number of piperidine rings is 3. The van der Waals surface area contributed by atoms with E-state index in [4.69, 9.17) is 15.2 Å². The van der Waals surface area contributed by atoms with Gasteiger partial charge in [0.15, 0.2) is 0 Å². The van der Waals surface area contributed by atoms with Crippen LogP contribution in [-0.2, 0) is 4.74 Å². The van der Waals surface area contributed by atoms with Gasteiger partial charge in [0, 0.05) is 40.5 Å². The summed E-state index contributed by atoms with van der Waals surface area (Å²) in [4.78, 5) is 19.9. The molecule has 6 nitrogen and oxygen atoms in total. The average Bonchev–Trinajstić information content (AvgIpc) is 2.70. The van der Waals surface area contributed by atoms with Crippen LogP contribution in [0.3, 0.4) is 0 Å². The minimum Gasteiger partial charge on any atom is -0.481 e. The Kier molecular flexibility index (Phi) is 5.22. The van der Waals surface area contributed by atoms with Crippen LogP contribution in [-0.4, -0.2) is 48.0 Å². The molecule has 5 rings (SSSR count). The summed E-state index contributed by atoms with van der Waals surface area (Å²) in [5, 5.41) is -0.295. The second-order valence-electron chi connectivity index (χ2n) is 6.96. The number of hydrogen-bond acceptors (Lipinski definition) is 7. The molecule has 4 heterocycles. The second kappa shape index (κ2) is 7.78. The van der Waals surface area contributed by atoms with Crippen LogP contribution in [0.4, 0.5) is 10.5 Å². The lowest BCUT2D eigenvalue weighted by Gasteiger charge is -2.43. The van der Waals surface area contributed by atoms with Gasteiger partial charge in [-0.1, -0.05) is 18.2 Å². The molecule has 1 aromatic carbocycles. The number of rotatable bonds is 4. The number of nitrogens with zero attached hydrogens (tertiary/aromatic N) is 2. The molecule has 3 aliphatic heterocycles. The number of nitrogens with two attached hydrogens (primary N) is 1. The molecule has 1 atom stereocenters. The molecule has 0 aliphatic carbocycles. The maximum Gasteiger partial charge on any atom is 0.372 e. The van der Waals surface area contributed by atoms with Gasteiger partial charge in [-0.15, -0.1) is 0 Å². The van der Waals surface area contributed by atoms with Gasteiger partial charge in [-0.2, -0.15) is 0 Å². The Morgan fingerprint density at radius 3 is 2.70 bits per heavy atom. The predicted octanol–water partition coefficient (Wildman–Crippen LogP) is 3.66. The highest BCUT2D eigenvalue weighted by atomic mass is 32.2. The Labute approximate surface area is 163 Å². The zero-order valence-corrected chi connectivity index (χ0v) is 16.1. The summed E-state index contributed by atoms with van der Waals surface area (Å²) in [6, 6.07) is 9.36. The molecule has 0 spiro atoms. The molecule has 1 aromatic heterocycles. The predicted molar refractivity (Wildman–Crippen MR) is 106 cm³/mol. The first-order valence-electron chi connectivity index (χ1n) is 9.14. The molecule has 27 heavy (non-hydrogen) atoms. The van der Waals surface area contributed by atoms with Crippen molar-refractivity contribution in [1.29, 1.82) is 0 Å². The number of benzene rings is 1. The molecule has 142 valence electrons. The van der Waals surface area contributed by atoms with E-state index in [1.165, 1.54) is 0 Å². The maximum absolute atomic E-state index is 12.6. The van der Waals surface area contributed by atoms with Crippen LogP contribution < -0.4 is 10.5 Å². The van der Waals surface area contributed by atoms with Crippen molar-refractivity contribution in [2.45, 2.75) is 23.8 Å². The molecule has 3 saturated heterocycles. The van der Waals surface area contributed by atoms with Crippen LogP contribution in [0.25, 0.3) is 11.1 Å². The summed E-state index contributed by atoms with van der Waals surface area (Å²) in [7, 11) is 1.56. The SMILES string of the molecule is COc1cc(-c2ccccc2N)c(SC(=O)OC2CN3CCC2CC3)cn1. The molecule has 0 saturated carbocycles. The summed E-state index contributed by atoms with van der Waals surface area (Å²) in [6.07, 6.45) is 3.85. The first kappa shape index (κ1) is 18.1. The highest BCUT2D eigenvalue weighted by Gasteiger charge is 2.36. The van der Waals surface area contributed by atoms with Gasteiger partial charge in [0.2, 0.25) is 5.88 Å². The highest BCUT2D eigenvalue weighted by Crippen LogP contribution is 2.38. The molecule has 0 amide bonds. The number of anilines is 1. The first-order valence-corrected chi connectivity index (χ1v) is 9.95. The van der Waals surface area contributed by atoms with Gasteiger partial charge in [0.05, 0.1) is 7.11 Å². The summed E-state index contributed by atoms with van der Waals surface area (Å²) in [5.74, 6) is 0.959. The number of carbonyl (C=O) groups is 1. The number of ether oxygens (including phenoxy) is 2. The first-order chi connectivity index (χ1) is 13.1. The lowest BCUT2D eigenvalue weighted by molar-refractivity contribution is -0.0250. The van der Waals surface area contributed by atoms with Crippen molar-refractivity contribution in [3.05, 3.63) is 36.5 Å². The Balaban J connectivity index is 1.54. The van der Waals surface area contributed by atoms with Gasteiger partial charge in [0.25, 0.3) is 0 Å². The molecular formula is C20H23N3O3S. The lowest BCUT2D eigenvalue weighted by atomic mass is 9.86. The van der Waals surface area contributed by atoms with Crippen molar-refractivity contribution in [2.75, 3.05) is 32.5 Å². The van der Waals surface area contributed by atoms with E-state index in [2.05, 4.69) is 9.88 Å². The molecule has 2 bridgehead atoms. The summed E-state index contributed by atoms with van der Waals surface area (Å²) in [6.45, 7) is 3.08. The number of pyridine rings is 1. The smallest absolute Gasteiger partial charge is 0.372 e. The molecule has 0 radical (unpaired) electrons. The van der Waals surface area contributed by atoms with Gasteiger partial charge in [-0.25, -0.2) is 9.78 Å². The third-order valence-electron chi connectivity index (χ3n) is 5.34. The van der Waals surface area contributed by atoms with Gasteiger partial charge in [0.1, 0.15) is 6.10 Å². The molecule has 2 aromatic rings. The molecule has 2 N–H and O–H groups in total. The van der Waals surface area contributed by atoms with Crippen LogP contribution in [0.5, 0.6) is 5.88 Å². The normalized spacial score (nSPS) is 23.8. The van der Waals surface area contributed by atoms with Gasteiger partial charge < -0.3 is 15.2 Å². The van der Waals surface area contributed by atoms with E-state index in [1.807, 2.05) is 24.3 Å². The molecule has 3 aliphatic rings. The zero-order valence-electron chi connectivity index (χ0n) is 15.3. The number of methoxy groups -OCH3 is 1. The van der Waals surface area contributed by atoms with Crippen LogP contribution in [0, 0.1) is 5.92 Å². The molecule has 3 fully saturated rings. The van der Waals surface area contributed by atoms with E-state index >= 15 is 0 Å². The Hall–Kier alpha value is -2.25. The number of aromatic nitrogens is 1. The number of carbonyl (C=O) groups excluding carboxylic acids is 1. The molecular weight excluding hydrogens is 362 g/mol. The van der Waals surface area contributed by atoms with E-state index in [0.717, 1.165) is 55.4 Å². The molecule has 7 heteroatoms. The standard InChI is InChI=1S/C20H23N3O3S/c1-25-19-10-15(14-4-2-3-5-16(14)21)18(11-22-19)27-20(24)26-17-12-23-8-6-13(17)7-9-23/h2-5,10-11,13,17H,6-9,12,21H2,1H3. The Bertz CT molecular complexity index is 837. The summed E-state index contributed by atoms with van der Waals surface area (Å²) < 4.78 is 11.0. The fourth-order valence-electron chi connectivity index (χ4n) is 3.85. The Morgan fingerprint density at radius 2 is 2.04 bits per heavy atom. The number of hydrogen-bond donors (Lipinski definition) is 1. The minimum atomic E-state index is -0.295. The number of nitrogen functional groups attached to an aromatic ring is 1. The topological polar surface area (TPSA) is 77.7 Å². The van der Waals surface area contributed by atoms with Crippen LogP contribution in [0.15, 0.2) is 41.4 Å². The largest absolute Gasteiger partial charge is 0.481 e. The zero-order chi connectivity index (χ0) is 18.8. The third kappa shape index (κ3) is 3.89. The van der Waals surface area contributed by atoms with Crippen LogP contribution in [0.1, 0.15) is 12.8 Å². The van der Waals surface area contributed by atoms with Crippen LogP contribution in [0.2, 0.25) is 0 Å². The third-order valence-corrected chi connectivity index (χ3v) is 6.15. The summed E-state index contributed by atoms with van der Waals surface area (Å²) >= 11 is 1.06. The fraction of sp³-hybridized carbons (Fsp3) is 0.400. The lowest BCUT2D eigenvalue weighted by Crippen LogP contribution is -2.51. The highest BCUT2D eigenvalue weighted by molar-refractivity contribution is 8.13. The van der Waals surface area contributed by atoms with Crippen molar-refractivity contribution < 1.29 is 14.3 Å². The Morgan fingerprint density at radius 1 is 1.26 bits per heavy atom. The van der Waals surface area contributed by atoms with E-state index in [9.17, 15) is 4.79 Å². The molecule has 1 unspecified atom stereocenters. The van der Waals surface area contributed by atoms with E-state index in [1.54, 1.807) is 19.4 Å². The van der Waals surface area contributed by atoms with E-state index < -0.39 is 0 Å². The average molecular weight is 385 g/mol. The monoisotopic (exact) mass is 385 g/mol. The maximum atomic E-state index is 12.6. The van der Waals surface area contributed by atoms with E-state index in [0.29, 0.717) is 22.4 Å². The van der Waals surface area contributed by atoms with Crippen molar-refractivity contribution in [2.24, 2.45) is 5.92 Å².